The van der Waals surface area contributed by atoms with Crippen molar-refractivity contribution in [2.75, 3.05) is 6.54 Å². The van der Waals surface area contributed by atoms with Crippen molar-refractivity contribution >= 4 is 29.1 Å². The Bertz CT molecular complexity index is 906. The van der Waals surface area contributed by atoms with E-state index in [1.807, 2.05) is 42.5 Å². The summed E-state index contributed by atoms with van der Waals surface area (Å²) in [6, 6.07) is 14.8. The van der Waals surface area contributed by atoms with Crippen LogP contribution in [0.25, 0.3) is 11.3 Å². The first-order valence-corrected chi connectivity index (χ1v) is 8.55. The molecule has 0 aliphatic rings. The van der Waals surface area contributed by atoms with E-state index in [2.05, 4.69) is 10.5 Å². The van der Waals surface area contributed by atoms with E-state index in [0.29, 0.717) is 45.6 Å². The molecule has 0 bridgehead atoms. The number of carbonyl (C=O) groups excluding carboxylic acids is 1. The molecule has 0 radical (unpaired) electrons. The molecule has 1 aromatic heterocycles. The summed E-state index contributed by atoms with van der Waals surface area (Å²) in [6.45, 7) is 2.19. The van der Waals surface area contributed by atoms with E-state index >= 15 is 0 Å². The first-order valence-electron chi connectivity index (χ1n) is 7.80. The maximum atomic E-state index is 12.6. The average molecular weight is 375 g/mol. The highest BCUT2D eigenvalue weighted by Crippen LogP contribution is 2.30. The monoisotopic (exact) mass is 374 g/mol. The van der Waals surface area contributed by atoms with E-state index in [9.17, 15) is 4.79 Å². The number of rotatable bonds is 5. The molecular formula is C19H16Cl2N2O2. The molecule has 6 heteroatoms. The van der Waals surface area contributed by atoms with Crippen molar-refractivity contribution < 1.29 is 9.32 Å². The van der Waals surface area contributed by atoms with E-state index in [-0.39, 0.29) is 5.91 Å². The Morgan fingerprint density at radius 1 is 1.16 bits per heavy atom. The number of halogens is 2. The van der Waals surface area contributed by atoms with Gasteiger partial charge in [0.1, 0.15) is 17.0 Å². The molecule has 128 valence electrons. The second-order valence-electron chi connectivity index (χ2n) is 5.58. The van der Waals surface area contributed by atoms with Crippen molar-refractivity contribution in [1.29, 1.82) is 0 Å². The zero-order valence-corrected chi connectivity index (χ0v) is 15.1. The number of carbonyl (C=O) groups is 1. The predicted molar refractivity (Wildman–Crippen MR) is 99.2 cm³/mol. The molecule has 0 fully saturated rings. The van der Waals surface area contributed by atoms with Gasteiger partial charge in [0, 0.05) is 17.1 Å². The van der Waals surface area contributed by atoms with Gasteiger partial charge in [0.2, 0.25) is 0 Å². The second kappa shape index (κ2) is 7.72. The fourth-order valence-electron chi connectivity index (χ4n) is 2.58. The smallest absolute Gasteiger partial charge is 0.257 e. The minimum absolute atomic E-state index is 0.240. The highest BCUT2D eigenvalue weighted by atomic mass is 35.5. The summed E-state index contributed by atoms with van der Waals surface area (Å²) in [5, 5.41) is 8.10. The molecule has 3 aromatic rings. The minimum atomic E-state index is -0.240. The van der Waals surface area contributed by atoms with Gasteiger partial charge in [-0.1, -0.05) is 58.7 Å². The second-order valence-corrected chi connectivity index (χ2v) is 6.42. The molecule has 1 amide bonds. The van der Waals surface area contributed by atoms with Crippen LogP contribution in [0.1, 0.15) is 21.7 Å². The molecule has 0 saturated carbocycles. The minimum Gasteiger partial charge on any atom is -0.360 e. The number of hydrogen-bond acceptors (Lipinski definition) is 3. The molecular weight excluding hydrogens is 359 g/mol. The number of nitrogens with one attached hydrogen (secondary N) is 1. The Hall–Kier alpha value is -2.30. The SMILES string of the molecule is Cc1onc(-c2ccccc2Cl)c1C(=O)NCCc1cccc(Cl)c1. The van der Waals surface area contributed by atoms with Crippen LogP contribution in [0.4, 0.5) is 0 Å². The fourth-order valence-corrected chi connectivity index (χ4v) is 3.02. The highest BCUT2D eigenvalue weighted by molar-refractivity contribution is 6.33. The quantitative estimate of drug-likeness (QED) is 0.688. The maximum Gasteiger partial charge on any atom is 0.257 e. The van der Waals surface area contributed by atoms with E-state index in [1.165, 1.54) is 0 Å². The normalized spacial score (nSPS) is 10.7. The molecule has 0 spiro atoms. The largest absolute Gasteiger partial charge is 0.360 e. The Balaban J connectivity index is 1.75. The van der Waals surface area contributed by atoms with Gasteiger partial charge in [-0.2, -0.15) is 0 Å². The van der Waals surface area contributed by atoms with Crippen LogP contribution < -0.4 is 5.32 Å². The van der Waals surface area contributed by atoms with Crippen molar-refractivity contribution in [2.24, 2.45) is 0 Å². The number of aryl methyl sites for hydroxylation is 1. The Labute approximate surface area is 155 Å². The van der Waals surface area contributed by atoms with Crippen LogP contribution in [0, 0.1) is 6.92 Å². The average Bonchev–Trinajstić information content (AvgIpc) is 2.97. The van der Waals surface area contributed by atoms with Crippen molar-refractivity contribution in [3.63, 3.8) is 0 Å². The lowest BCUT2D eigenvalue weighted by molar-refractivity contribution is 0.0953. The molecule has 0 aliphatic heterocycles. The Morgan fingerprint density at radius 3 is 2.72 bits per heavy atom. The standard InChI is InChI=1S/C19H16Cl2N2O2/c1-12-17(18(23-25-12)15-7-2-3-8-16(15)21)19(24)22-10-9-13-5-4-6-14(20)11-13/h2-8,11H,9-10H2,1H3,(H,22,24). The first kappa shape index (κ1) is 17.5. The van der Waals surface area contributed by atoms with Gasteiger partial charge >= 0.3 is 0 Å². The van der Waals surface area contributed by atoms with Gasteiger partial charge in [-0.25, -0.2) is 0 Å². The maximum absolute atomic E-state index is 12.6. The van der Waals surface area contributed by atoms with Gasteiger partial charge in [-0.15, -0.1) is 0 Å². The topological polar surface area (TPSA) is 55.1 Å². The Kier molecular flexibility index (Phi) is 5.41. The summed E-state index contributed by atoms with van der Waals surface area (Å²) in [5.41, 5.74) is 2.57. The molecule has 0 aliphatic carbocycles. The lowest BCUT2D eigenvalue weighted by Gasteiger charge is -2.07. The fraction of sp³-hybridized carbons (Fsp3) is 0.158. The number of nitrogens with zero attached hydrogens (tertiary/aromatic N) is 1. The Morgan fingerprint density at radius 2 is 1.96 bits per heavy atom. The molecule has 25 heavy (non-hydrogen) atoms. The van der Waals surface area contributed by atoms with Crippen LogP contribution in [0.2, 0.25) is 10.0 Å². The van der Waals surface area contributed by atoms with E-state index in [1.54, 1.807) is 13.0 Å². The van der Waals surface area contributed by atoms with Crippen LogP contribution in [0.5, 0.6) is 0 Å². The van der Waals surface area contributed by atoms with Crippen molar-refractivity contribution in [3.05, 3.63) is 75.5 Å². The summed E-state index contributed by atoms with van der Waals surface area (Å²) >= 11 is 12.2. The van der Waals surface area contributed by atoms with Crippen LogP contribution in [0.15, 0.2) is 53.1 Å². The van der Waals surface area contributed by atoms with Crippen molar-refractivity contribution in [3.8, 4) is 11.3 Å². The summed E-state index contributed by atoms with van der Waals surface area (Å²) in [5.74, 6) is 0.214. The van der Waals surface area contributed by atoms with Gasteiger partial charge in [0.05, 0.1) is 5.02 Å². The van der Waals surface area contributed by atoms with Gasteiger partial charge in [0.15, 0.2) is 0 Å². The first-order chi connectivity index (χ1) is 12.1. The summed E-state index contributed by atoms with van der Waals surface area (Å²) < 4.78 is 5.22. The van der Waals surface area contributed by atoms with Gasteiger partial charge in [0.25, 0.3) is 5.91 Å². The lowest BCUT2D eigenvalue weighted by atomic mass is 10.1. The third-order valence-electron chi connectivity index (χ3n) is 3.81. The molecule has 0 unspecified atom stereocenters. The molecule has 4 nitrogen and oxygen atoms in total. The van der Waals surface area contributed by atoms with E-state index in [0.717, 1.165) is 5.56 Å². The van der Waals surface area contributed by atoms with E-state index < -0.39 is 0 Å². The zero-order chi connectivity index (χ0) is 17.8. The molecule has 2 aromatic carbocycles. The summed E-state index contributed by atoms with van der Waals surface area (Å²) in [6.07, 6.45) is 0.679. The molecule has 0 atom stereocenters. The van der Waals surface area contributed by atoms with Gasteiger partial charge in [-0.05, 0) is 37.1 Å². The molecule has 1 N–H and O–H groups in total. The zero-order valence-electron chi connectivity index (χ0n) is 13.6. The summed E-state index contributed by atoms with van der Waals surface area (Å²) in [7, 11) is 0. The number of hydrogen-bond donors (Lipinski definition) is 1. The van der Waals surface area contributed by atoms with Crippen molar-refractivity contribution in [2.45, 2.75) is 13.3 Å². The van der Waals surface area contributed by atoms with Crippen LogP contribution >= 0.6 is 23.2 Å². The number of amides is 1. The molecule has 1 heterocycles. The van der Waals surface area contributed by atoms with Gasteiger partial charge in [-0.3, -0.25) is 4.79 Å². The molecule has 3 rings (SSSR count). The molecule has 0 saturated heterocycles. The lowest BCUT2D eigenvalue weighted by Crippen LogP contribution is -2.26. The van der Waals surface area contributed by atoms with Crippen LogP contribution in [-0.2, 0) is 6.42 Å². The summed E-state index contributed by atoms with van der Waals surface area (Å²) in [4.78, 5) is 12.6. The van der Waals surface area contributed by atoms with Crippen LogP contribution in [0.3, 0.4) is 0 Å². The van der Waals surface area contributed by atoms with E-state index in [4.69, 9.17) is 27.7 Å². The van der Waals surface area contributed by atoms with Crippen molar-refractivity contribution in [1.82, 2.24) is 10.5 Å². The third-order valence-corrected chi connectivity index (χ3v) is 4.37. The predicted octanol–water partition coefficient (Wildman–Crippen LogP) is 4.93. The highest BCUT2D eigenvalue weighted by Gasteiger charge is 2.22. The van der Waals surface area contributed by atoms with Gasteiger partial charge < -0.3 is 9.84 Å². The number of aromatic nitrogens is 1. The van der Waals surface area contributed by atoms with Crippen LogP contribution in [-0.4, -0.2) is 17.6 Å². The third kappa shape index (κ3) is 4.03. The number of benzene rings is 2.